The van der Waals surface area contributed by atoms with Gasteiger partial charge in [0, 0.05) is 6.04 Å². The monoisotopic (exact) mass is 211 g/mol. The van der Waals surface area contributed by atoms with Crippen LogP contribution in [-0.4, -0.2) is 23.7 Å². The maximum absolute atomic E-state index is 10.7. The van der Waals surface area contributed by atoms with E-state index >= 15 is 0 Å². The van der Waals surface area contributed by atoms with Crippen LogP contribution in [0, 0.1) is 11.8 Å². The van der Waals surface area contributed by atoms with Gasteiger partial charge in [0.15, 0.2) is 0 Å². The third kappa shape index (κ3) is 4.04. The zero-order valence-electron chi connectivity index (χ0n) is 9.41. The molecule has 0 aromatic carbocycles. The molecule has 0 aliphatic heterocycles. The molecule has 1 atom stereocenters. The summed E-state index contributed by atoms with van der Waals surface area (Å²) in [6.07, 6.45) is 5.64. The molecule has 0 saturated heterocycles. The molecule has 3 heteroatoms. The molecule has 3 nitrogen and oxygen atoms in total. The summed E-state index contributed by atoms with van der Waals surface area (Å²) in [6, 6.07) is 0.349. The Kier molecular flexibility index (Phi) is 4.82. The molecule has 1 fully saturated rings. The first-order valence-corrected chi connectivity index (χ1v) is 5.72. The molecule has 2 N–H and O–H groups in total. The predicted molar refractivity (Wildman–Crippen MR) is 60.7 cm³/mol. The van der Waals surface area contributed by atoms with Gasteiger partial charge in [-0.1, -0.05) is 6.08 Å². The molecule has 0 aromatic heterocycles. The molecule has 15 heavy (non-hydrogen) atoms. The van der Waals surface area contributed by atoms with E-state index in [4.69, 9.17) is 5.11 Å². The Balaban J connectivity index is 2.20. The van der Waals surface area contributed by atoms with Crippen LogP contribution < -0.4 is 5.32 Å². The molecule has 86 valence electrons. The molecule has 0 aromatic rings. The number of carbonyl (C=O) groups is 1. The first-order chi connectivity index (χ1) is 7.13. The van der Waals surface area contributed by atoms with Crippen LogP contribution in [0.1, 0.15) is 32.6 Å². The zero-order chi connectivity index (χ0) is 11.3. The van der Waals surface area contributed by atoms with Gasteiger partial charge in [-0.3, -0.25) is 4.79 Å². The van der Waals surface area contributed by atoms with Crippen LogP contribution in [0.3, 0.4) is 0 Å². The van der Waals surface area contributed by atoms with Crippen molar-refractivity contribution in [2.45, 2.75) is 38.6 Å². The second-order valence-corrected chi connectivity index (χ2v) is 4.49. The van der Waals surface area contributed by atoms with Crippen molar-refractivity contribution in [3.8, 4) is 0 Å². The van der Waals surface area contributed by atoms with E-state index in [0.29, 0.717) is 12.0 Å². The number of rotatable bonds is 5. The van der Waals surface area contributed by atoms with E-state index < -0.39 is 5.97 Å². The third-order valence-corrected chi connectivity index (χ3v) is 3.28. The molecule has 1 aliphatic carbocycles. The Morgan fingerprint density at radius 2 is 2.13 bits per heavy atom. The van der Waals surface area contributed by atoms with Crippen molar-refractivity contribution in [1.29, 1.82) is 0 Å². The predicted octanol–water partition coefficient (Wildman–Crippen LogP) is 2.04. The van der Waals surface area contributed by atoms with Crippen molar-refractivity contribution in [3.63, 3.8) is 0 Å². The van der Waals surface area contributed by atoms with Gasteiger partial charge in [-0.25, -0.2) is 0 Å². The van der Waals surface area contributed by atoms with Gasteiger partial charge in [-0.2, -0.15) is 0 Å². The zero-order valence-corrected chi connectivity index (χ0v) is 9.41. The highest BCUT2D eigenvalue weighted by molar-refractivity contribution is 5.69. The van der Waals surface area contributed by atoms with Gasteiger partial charge in [0.05, 0.1) is 5.92 Å². The van der Waals surface area contributed by atoms with Gasteiger partial charge in [-0.05, 0) is 45.1 Å². The van der Waals surface area contributed by atoms with E-state index in [1.54, 1.807) is 0 Å². The third-order valence-electron chi connectivity index (χ3n) is 3.28. The number of hydrogen-bond acceptors (Lipinski definition) is 2. The topological polar surface area (TPSA) is 49.3 Å². The van der Waals surface area contributed by atoms with Crippen molar-refractivity contribution in [3.05, 3.63) is 12.7 Å². The second-order valence-electron chi connectivity index (χ2n) is 4.49. The highest BCUT2D eigenvalue weighted by atomic mass is 16.4. The van der Waals surface area contributed by atoms with Crippen LogP contribution in [-0.2, 0) is 4.79 Å². The normalized spacial score (nSPS) is 28.3. The average Bonchev–Trinajstić information content (AvgIpc) is 2.26. The summed E-state index contributed by atoms with van der Waals surface area (Å²) >= 11 is 0. The van der Waals surface area contributed by atoms with Gasteiger partial charge in [0.1, 0.15) is 0 Å². The summed E-state index contributed by atoms with van der Waals surface area (Å²) in [5, 5.41) is 12.2. The molecule has 1 aliphatic rings. The Morgan fingerprint density at radius 3 is 2.60 bits per heavy atom. The largest absolute Gasteiger partial charge is 0.481 e. The first kappa shape index (κ1) is 12.2. The molecular formula is C12H21NO2. The van der Waals surface area contributed by atoms with Crippen LogP contribution in [0.4, 0.5) is 0 Å². The van der Waals surface area contributed by atoms with E-state index in [0.717, 1.165) is 32.2 Å². The Morgan fingerprint density at radius 1 is 1.53 bits per heavy atom. The number of hydrogen-bond donors (Lipinski definition) is 2. The lowest BCUT2D eigenvalue weighted by Crippen LogP contribution is -2.32. The molecule has 0 spiro atoms. The molecule has 0 amide bonds. The van der Waals surface area contributed by atoms with Crippen LogP contribution in [0.5, 0.6) is 0 Å². The van der Waals surface area contributed by atoms with Crippen molar-refractivity contribution in [1.82, 2.24) is 5.32 Å². The Bertz CT molecular complexity index is 220. The summed E-state index contributed by atoms with van der Waals surface area (Å²) in [7, 11) is 0. The maximum atomic E-state index is 10.7. The average molecular weight is 211 g/mol. The van der Waals surface area contributed by atoms with Crippen LogP contribution in [0.15, 0.2) is 12.7 Å². The number of carboxylic acid groups (broad SMARTS) is 1. The van der Waals surface area contributed by atoms with Gasteiger partial charge < -0.3 is 10.4 Å². The summed E-state index contributed by atoms with van der Waals surface area (Å²) < 4.78 is 0. The summed E-state index contributed by atoms with van der Waals surface area (Å²) in [5.41, 5.74) is 0. The minimum Gasteiger partial charge on any atom is -0.481 e. The molecule has 0 radical (unpaired) electrons. The fraction of sp³-hybridized carbons (Fsp3) is 0.750. The molecular weight excluding hydrogens is 190 g/mol. The van der Waals surface area contributed by atoms with Gasteiger partial charge in [0.2, 0.25) is 0 Å². The lowest BCUT2D eigenvalue weighted by molar-refractivity contribution is -0.143. The summed E-state index contributed by atoms with van der Waals surface area (Å²) in [5.74, 6) is -0.0815. The van der Waals surface area contributed by atoms with Gasteiger partial charge in [-0.15, -0.1) is 6.58 Å². The quantitative estimate of drug-likeness (QED) is 0.684. The van der Waals surface area contributed by atoms with E-state index in [1.165, 1.54) is 0 Å². The van der Waals surface area contributed by atoms with E-state index in [9.17, 15) is 4.79 Å². The van der Waals surface area contributed by atoms with Crippen molar-refractivity contribution in [2.24, 2.45) is 11.8 Å². The highest BCUT2D eigenvalue weighted by Gasteiger charge is 2.25. The number of nitrogens with one attached hydrogen (secondary N) is 1. The van der Waals surface area contributed by atoms with Gasteiger partial charge >= 0.3 is 5.97 Å². The van der Waals surface area contributed by atoms with E-state index in [1.807, 2.05) is 6.08 Å². The van der Waals surface area contributed by atoms with Crippen molar-refractivity contribution in [2.75, 3.05) is 6.54 Å². The van der Waals surface area contributed by atoms with Crippen LogP contribution in [0.25, 0.3) is 0 Å². The maximum Gasteiger partial charge on any atom is 0.306 e. The summed E-state index contributed by atoms with van der Waals surface area (Å²) in [4.78, 5) is 10.7. The van der Waals surface area contributed by atoms with Crippen LogP contribution in [0.2, 0.25) is 0 Å². The standard InChI is InChI=1S/C12H21NO2/c1-3-9(2)13-8-10-4-6-11(7-5-10)12(14)15/h3,9-11,13H,1,4-8H2,2H3,(H,14,15). The lowest BCUT2D eigenvalue weighted by Gasteiger charge is -2.27. The second kappa shape index (κ2) is 5.91. The van der Waals surface area contributed by atoms with E-state index in [-0.39, 0.29) is 5.92 Å². The molecule has 0 bridgehead atoms. The summed E-state index contributed by atoms with van der Waals surface area (Å²) in [6.45, 7) is 6.78. The number of carboxylic acids is 1. The molecule has 1 unspecified atom stereocenters. The van der Waals surface area contributed by atoms with Crippen molar-refractivity contribution < 1.29 is 9.90 Å². The lowest BCUT2D eigenvalue weighted by atomic mass is 9.82. The Labute approximate surface area is 91.6 Å². The fourth-order valence-corrected chi connectivity index (χ4v) is 2.05. The first-order valence-electron chi connectivity index (χ1n) is 5.72. The minimum absolute atomic E-state index is 0.0990. The SMILES string of the molecule is C=CC(C)NCC1CCC(C(=O)O)CC1. The van der Waals surface area contributed by atoms with Crippen molar-refractivity contribution >= 4 is 5.97 Å². The molecule has 0 heterocycles. The van der Waals surface area contributed by atoms with Gasteiger partial charge in [0.25, 0.3) is 0 Å². The Hall–Kier alpha value is -0.830. The minimum atomic E-state index is -0.624. The number of aliphatic carboxylic acids is 1. The fourth-order valence-electron chi connectivity index (χ4n) is 2.05. The molecule has 1 saturated carbocycles. The van der Waals surface area contributed by atoms with E-state index in [2.05, 4.69) is 18.8 Å². The smallest absolute Gasteiger partial charge is 0.306 e. The van der Waals surface area contributed by atoms with Crippen LogP contribution >= 0.6 is 0 Å². The highest BCUT2D eigenvalue weighted by Crippen LogP contribution is 2.28. The molecule has 1 rings (SSSR count).